The van der Waals surface area contributed by atoms with Gasteiger partial charge in [-0.1, -0.05) is 176 Å². The molecule has 302 valence electrons. The van der Waals surface area contributed by atoms with E-state index in [1.54, 1.807) is 0 Å². The van der Waals surface area contributed by atoms with Crippen LogP contribution in [0.15, 0.2) is 218 Å². The highest BCUT2D eigenvalue weighted by Gasteiger charge is 2.23. The molecule has 0 bridgehead atoms. The highest BCUT2D eigenvalue weighted by Crippen LogP contribution is 2.45. The number of thiophene rings is 1. The number of hydrogen-bond acceptors (Lipinski definition) is 3. The van der Waals surface area contributed by atoms with Crippen molar-refractivity contribution in [1.82, 2.24) is 19.1 Å². The maximum atomic E-state index is 5.65. The number of hydrogen-bond donors (Lipinski definition) is 0. The second-order valence-electron chi connectivity index (χ2n) is 16.9. The fourth-order valence-electron chi connectivity index (χ4n) is 10.4. The lowest BCUT2D eigenvalue weighted by Gasteiger charge is -2.14. The Bertz CT molecular complexity index is 4230. The van der Waals surface area contributed by atoms with Crippen LogP contribution in [0.2, 0.25) is 0 Å². The van der Waals surface area contributed by atoms with E-state index in [1.807, 2.05) is 11.3 Å². The van der Waals surface area contributed by atoms with Crippen LogP contribution in [0.3, 0.4) is 0 Å². The first-order chi connectivity index (χ1) is 32.2. The molecule has 14 aromatic rings. The number of benzene rings is 10. The van der Waals surface area contributed by atoms with Gasteiger partial charge in [0.05, 0.1) is 33.3 Å². The first-order valence-electron chi connectivity index (χ1n) is 22.1. The molecular formula is C60H36N4S. The van der Waals surface area contributed by atoms with Gasteiger partial charge in [0.15, 0.2) is 0 Å². The van der Waals surface area contributed by atoms with Crippen molar-refractivity contribution in [2.24, 2.45) is 0 Å². The smallest absolute Gasteiger partial charge is 0.235 e. The van der Waals surface area contributed by atoms with Crippen LogP contribution in [-0.2, 0) is 0 Å². The zero-order chi connectivity index (χ0) is 42.6. The molecule has 0 saturated carbocycles. The number of rotatable bonds is 5. The molecule has 0 radical (unpaired) electrons. The normalized spacial score (nSPS) is 12.0. The molecule has 0 spiro atoms. The summed E-state index contributed by atoms with van der Waals surface area (Å²) in [6.45, 7) is 0. The van der Waals surface area contributed by atoms with Gasteiger partial charge < -0.3 is 4.57 Å². The molecule has 0 aliphatic rings. The monoisotopic (exact) mass is 844 g/mol. The highest BCUT2D eigenvalue weighted by molar-refractivity contribution is 7.23. The Balaban J connectivity index is 1.04. The molecule has 0 saturated heterocycles. The van der Waals surface area contributed by atoms with E-state index in [-0.39, 0.29) is 0 Å². The molecule has 0 fully saturated rings. The van der Waals surface area contributed by atoms with Gasteiger partial charge in [-0.15, -0.1) is 11.3 Å². The Kier molecular flexibility index (Phi) is 7.82. The van der Waals surface area contributed by atoms with Gasteiger partial charge >= 0.3 is 0 Å². The summed E-state index contributed by atoms with van der Waals surface area (Å²) in [4.78, 5) is 12.4. The molecule has 0 atom stereocenters. The fraction of sp³-hybridized carbons (Fsp3) is 0. The van der Waals surface area contributed by atoms with Crippen LogP contribution in [0.25, 0.3) is 131 Å². The zero-order valence-corrected chi connectivity index (χ0v) is 35.8. The number of aromatic nitrogens is 4. The summed E-state index contributed by atoms with van der Waals surface area (Å²) in [5, 5.41) is 11.9. The van der Waals surface area contributed by atoms with Gasteiger partial charge in [0.2, 0.25) is 5.95 Å². The van der Waals surface area contributed by atoms with Crippen molar-refractivity contribution >= 4 is 97.5 Å². The van der Waals surface area contributed by atoms with Gasteiger partial charge in [-0.05, 0) is 75.1 Å². The minimum absolute atomic E-state index is 0.650. The van der Waals surface area contributed by atoms with E-state index in [4.69, 9.17) is 9.97 Å². The molecule has 4 heterocycles. The molecule has 10 aromatic carbocycles. The third-order valence-corrected chi connectivity index (χ3v) is 14.5. The van der Waals surface area contributed by atoms with Crippen molar-refractivity contribution in [2.45, 2.75) is 0 Å². The second-order valence-corrected chi connectivity index (χ2v) is 17.9. The predicted molar refractivity (Wildman–Crippen MR) is 275 cm³/mol. The van der Waals surface area contributed by atoms with Gasteiger partial charge in [-0.3, -0.25) is 4.57 Å². The van der Waals surface area contributed by atoms with E-state index in [1.165, 1.54) is 64.1 Å². The van der Waals surface area contributed by atoms with Crippen molar-refractivity contribution < 1.29 is 0 Å². The third-order valence-electron chi connectivity index (χ3n) is 13.3. The van der Waals surface area contributed by atoms with Crippen LogP contribution in [0, 0.1) is 0 Å². The third kappa shape index (κ3) is 5.43. The molecule has 0 unspecified atom stereocenters. The maximum absolute atomic E-state index is 5.65. The largest absolute Gasteiger partial charge is 0.309 e. The molecule has 0 aliphatic heterocycles. The topological polar surface area (TPSA) is 35.6 Å². The minimum Gasteiger partial charge on any atom is -0.309 e. The molecular weight excluding hydrogens is 809 g/mol. The predicted octanol–water partition coefficient (Wildman–Crippen LogP) is 16.3. The SMILES string of the molecule is c1ccc(-c2nc(-n3c4ccc(-c5cccc6c7ccccc7n(-c7ccccc7)c56)cc4c4ccc5ccccc5c43)nc3ccc4cc(-c5cccc6ccccc56)sc4c23)cc1. The summed E-state index contributed by atoms with van der Waals surface area (Å²) >= 11 is 1.83. The van der Waals surface area contributed by atoms with Crippen molar-refractivity contribution in [3.63, 3.8) is 0 Å². The summed E-state index contributed by atoms with van der Waals surface area (Å²) in [5.41, 5.74) is 12.2. The van der Waals surface area contributed by atoms with E-state index in [0.717, 1.165) is 60.6 Å². The second kappa shape index (κ2) is 14.1. The Morgan fingerprint density at radius 2 is 1.02 bits per heavy atom. The lowest BCUT2D eigenvalue weighted by Crippen LogP contribution is -2.04. The van der Waals surface area contributed by atoms with Crippen molar-refractivity contribution in [2.75, 3.05) is 0 Å². The first kappa shape index (κ1) is 36.1. The standard InChI is InChI=1S/C60H36N4S/c1-3-17-39(18-4-1)56-55-51(33-30-41-36-54(65-59(41)55)47-26-13-19-37-15-7-9-22-43(37)47)61-60(62-56)64-53-34-31-40(35-50(53)49-32-29-38-16-8-10-23-44(38)58(49)64)45-25-14-27-48-46-24-11-12-28-52(46)63(57(45)48)42-20-5-2-6-21-42/h1-36H. The average molecular weight is 845 g/mol. The maximum Gasteiger partial charge on any atom is 0.235 e. The van der Waals surface area contributed by atoms with E-state index < -0.39 is 0 Å². The molecule has 5 heteroatoms. The molecule has 0 N–H and O–H groups in total. The fourth-order valence-corrected chi connectivity index (χ4v) is 11.7. The Labute approximate surface area is 377 Å². The van der Waals surface area contributed by atoms with Gasteiger partial charge in [-0.2, -0.15) is 0 Å². The van der Waals surface area contributed by atoms with Gasteiger partial charge in [0.1, 0.15) is 0 Å². The van der Waals surface area contributed by atoms with E-state index >= 15 is 0 Å². The first-order valence-corrected chi connectivity index (χ1v) is 22.9. The van der Waals surface area contributed by atoms with Gasteiger partial charge in [0, 0.05) is 58.7 Å². The molecule has 4 aromatic heterocycles. The number of nitrogens with zero attached hydrogens (tertiary/aromatic N) is 4. The lowest BCUT2D eigenvalue weighted by atomic mass is 9.99. The summed E-state index contributed by atoms with van der Waals surface area (Å²) < 4.78 is 5.92. The van der Waals surface area contributed by atoms with Gasteiger partial charge in [0.25, 0.3) is 0 Å². The molecule has 65 heavy (non-hydrogen) atoms. The van der Waals surface area contributed by atoms with E-state index in [0.29, 0.717) is 5.95 Å². The Hall–Kier alpha value is -8.38. The number of para-hydroxylation sites is 3. The van der Waals surface area contributed by atoms with Crippen LogP contribution >= 0.6 is 11.3 Å². The average Bonchev–Trinajstić information content (AvgIpc) is 4.07. The molecule has 4 nitrogen and oxygen atoms in total. The molecule has 14 rings (SSSR count). The van der Waals surface area contributed by atoms with Gasteiger partial charge in [-0.25, -0.2) is 9.97 Å². The zero-order valence-electron chi connectivity index (χ0n) is 35.0. The molecule has 0 aliphatic carbocycles. The Morgan fingerprint density at radius 1 is 0.369 bits per heavy atom. The quantitative estimate of drug-likeness (QED) is 0.173. The summed E-state index contributed by atoms with van der Waals surface area (Å²) in [6.07, 6.45) is 0. The minimum atomic E-state index is 0.650. The van der Waals surface area contributed by atoms with Crippen LogP contribution < -0.4 is 0 Å². The van der Waals surface area contributed by atoms with E-state index in [9.17, 15) is 0 Å². The Morgan fingerprint density at radius 3 is 1.88 bits per heavy atom. The van der Waals surface area contributed by atoms with Crippen molar-refractivity contribution in [1.29, 1.82) is 0 Å². The van der Waals surface area contributed by atoms with Crippen molar-refractivity contribution in [3.8, 4) is 44.5 Å². The number of fused-ring (bicyclic) bond motifs is 12. The van der Waals surface area contributed by atoms with Crippen LogP contribution in [-0.4, -0.2) is 19.1 Å². The summed E-state index contributed by atoms with van der Waals surface area (Å²) in [6, 6.07) is 79.0. The lowest BCUT2D eigenvalue weighted by molar-refractivity contribution is 1.02. The van der Waals surface area contributed by atoms with Crippen LogP contribution in [0.1, 0.15) is 0 Å². The van der Waals surface area contributed by atoms with E-state index in [2.05, 4.69) is 228 Å². The summed E-state index contributed by atoms with van der Waals surface area (Å²) in [5.74, 6) is 0.650. The van der Waals surface area contributed by atoms with Crippen molar-refractivity contribution in [3.05, 3.63) is 218 Å². The molecule has 0 amide bonds. The highest BCUT2D eigenvalue weighted by atomic mass is 32.1. The summed E-state index contributed by atoms with van der Waals surface area (Å²) in [7, 11) is 0. The van der Waals surface area contributed by atoms with Crippen LogP contribution in [0.5, 0.6) is 0 Å². The van der Waals surface area contributed by atoms with Crippen LogP contribution in [0.4, 0.5) is 0 Å².